The average molecular weight is 273 g/mol. The molecule has 0 fully saturated rings. The van der Waals surface area contributed by atoms with E-state index < -0.39 is 5.37 Å². The van der Waals surface area contributed by atoms with Crippen LogP contribution in [-0.2, 0) is 0 Å². The fourth-order valence-corrected chi connectivity index (χ4v) is 1.89. The van der Waals surface area contributed by atoms with E-state index in [-0.39, 0.29) is 6.00 Å². The maximum Gasteiger partial charge on any atom is 0.321 e. The van der Waals surface area contributed by atoms with Crippen molar-refractivity contribution in [1.29, 1.82) is 0 Å². The Labute approximate surface area is 101 Å². The standard InChI is InChI=1S/C8H5Cl4NO/c9-4-13(8(12)14)7-2-5(10)1-6(11)3-7/h1-3H,4H2. The molecule has 0 aliphatic carbocycles. The second-order valence-electron chi connectivity index (χ2n) is 2.43. The lowest BCUT2D eigenvalue weighted by atomic mass is 10.3. The zero-order valence-electron chi connectivity index (χ0n) is 6.81. The van der Waals surface area contributed by atoms with Crippen molar-refractivity contribution in [3.8, 4) is 0 Å². The molecule has 0 unspecified atom stereocenters. The number of hydrogen-bond acceptors (Lipinski definition) is 1. The molecule has 14 heavy (non-hydrogen) atoms. The minimum atomic E-state index is -0.682. The van der Waals surface area contributed by atoms with Crippen LogP contribution in [0.15, 0.2) is 18.2 Å². The third-order valence-electron chi connectivity index (χ3n) is 1.49. The lowest BCUT2D eigenvalue weighted by Gasteiger charge is -2.16. The lowest BCUT2D eigenvalue weighted by Crippen LogP contribution is -2.23. The van der Waals surface area contributed by atoms with Crippen molar-refractivity contribution >= 4 is 57.5 Å². The third kappa shape index (κ3) is 2.92. The quantitative estimate of drug-likeness (QED) is 0.445. The Balaban J connectivity index is 3.10. The highest BCUT2D eigenvalue weighted by Gasteiger charge is 2.12. The van der Waals surface area contributed by atoms with Gasteiger partial charge >= 0.3 is 5.37 Å². The number of hydrogen-bond donors (Lipinski definition) is 0. The summed E-state index contributed by atoms with van der Waals surface area (Å²) in [5, 5.41) is 0.152. The monoisotopic (exact) mass is 271 g/mol. The van der Waals surface area contributed by atoms with Gasteiger partial charge in [-0.3, -0.25) is 9.69 Å². The van der Waals surface area contributed by atoms with Gasteiger partial charge in [0.05, 0.1) is 0 Å². The SMILES string of the molecule is O=C(Cl)N(CCl)c1cc(Cl)cc(Cl)c1. The van der Waals surface area contributed by atoms with Crippen LogP contribution in [0, 0.1) is 0 Å². The number of amides is 1. The van der Waals surface area contributed by atoms with Gasteiger partial charge in [-0.1, -0.05) is 23.2 Å². The Morgan fingerprint density at radius 3 is 2.07 bits per heavy atom. The molecule has 0 aliphatic heterocycles. The molecule has 1 aromatic rings. The van der Waals surface area contributed by atoms with Crippen molar-refractivity contribution in [1.82, 2.24) is 0 Å². The van der Waals surface area contributed by atoms with Crippen molar-refractivity contribution in [3.63, 3.8) is 0 Å². The first kappa shape index (κ1) is 11.9. The molecule has 1 aromatic carbocycles. The minimum absolute atomic E-state index is 0.0565. The molecule has 76 valence electrons. The van der Waals surface area contributed by atoms with Crippen LogP contribution in [0.2, 0.25) is 10.0 Å². The Kier molecular flexibility index (Phi) is 4.32. The summed E-state index contributed by atoms with van der Waals surface area (Å²) in [6.07, 6.45) is 0. The van der Waals surface area contributed by atoms with Crippen molar-refractivity contribution < 1.29 is 4.79 Å². The fraction of sp³-hybridized carbons (Fsp3) is 0.125. The van der Waals surface area contributed by atoms with E-state index in [1.807, 2.05) is 0 Å². The van der Waals surface area contributed by atoms with Crippen molar-refractivity contribution in [2.45, 2.75) is 0 Å². The molecule has 0 saturated heterocycles. The highest BCUT2D eigenvalue weighted by atomic mass is 35.5. The summed E-state index contributed by atoms with van der Waals surface area (Å²) in [4.78, 5) is 12.1. The molecular formula is C8H5Cl4NO. The van der Waals surface area contributed by atoms with E-state index in [2.05, 4.69) is 0 Å². The zero-order valence-corrected chi connectivity index (χ0v) is 9.83. The van der Waals surface area contributed by atoms with Gasteiger partial charge in [-0.25, -0.2) is 0 Å². The van der Waals surface area contributed by atoms with Crippen LogP contribution in [0.3, 0.4) is 0 Å². The summed E-state index contributed by atoms with van der Waals surface area (Å²) in [6.45, 7) is 0. The maximum atomic E-state index is 10.9. The summed E-state index contributed by atoms with van der Waals surface area (Å²) in [6, 6.07) is 4.60. The van der Waals surface area contributed by atoms with Crippen molar-refractivity contribution in [2.24, 2.45) is 0 Å². The van der Waals surface area contributed by atoms with Gasteiger partial charge in [0.15, 0.2) is 0 Å². The predicted molar refractivity (Wildman–Crippen MR) is 60.9 cm³/mol. The number of carbonyl (C=O) groups is 1. The molecule has 0 heterocycles. The summed E-state index contributed by atoms with van der Waals surface area (Å²) in [5.74, 6) is 0. The first-order chi connectivity index (χ1) is 6.54. The van der Waals surface area contributed by atoms with Crippen molar-refractivity contribution in [2.75, 3.05) is 10.9 Å². The molecular weight excluding hydrogens is 268 g/mol. The Hall–Kier alpha value is -0.150. The average Bonchev–Trinajstić information content (AvgIpc) is 2.02. The Morgan fingerprint density at radius 2 is 1.71 bits per heavy atom. The first-order valence-corrected chi connectivity index (χ1v) is 5.20. The predicted octanol–water partition coefficient (Wildman–Crippen LogP) is 4.35. The second-order valence-corrected chi connectivity index (χ2v) is 3.86. The molecule has 0 aromatic heterocycles. The number of benzene rings is 1. The smallest absolute Gasteiger partial charge is 0.285 e. The number of halogens is 4. The normalized spacial score (nSPS) is 10.0. The fourth-order valence-electron chi connectivity index (χ4n) is 0.913. The van der Waals surface area contributed by atoms with Gasteiger partial charge < -0.3 is 0 Å². The van der Waals surface area contributed by atoms with Crippen LogP contribution >= 0.6 is 46.4 Å². The first-order valence-electron chi connectivity index (χ1n) is 3.53. The number of alkyl halides is 1. The molecule has 0 saturated carbocycles. The number of nitrogens with zero attached hydrogens (tertiary/aromatic N) is 1. The van der Waals surface area contributed by atoms with Gasteiger partial charge in [0.1, 0.15) is 6.00 Å². The molecule has 0 aliphatic rings. The van der Waals surface area contributed by atoms with Gasteiger partial charge in [-0.15, -0.1) is 11.6 Å². The molecule has 0 N–H and O–H groups in total. The van der Waals surface area contributed by atoms with Gasteiger partial charge in [0, 0.05) is 15.7 Å². The van der Waals surface area contributed by atoms with E-state index in [4.69, 9.17) is 46.4 Å². The number of carbonyl (C=O) groups excluding carboxylic acids is 1. The van der Waals surface area contributed by atoms with Gasteiger partial charge in [-0.05, 0) is 29.8 Å². The molecule has 0 radical (unpaired) electrons. The van der Waals surface area contributed by atoms with Gasteiger partial charge in [0.2, 0.25) is 0 Å². The maximum absolute atomic E-state index is 10.9. The van der Waals surface area contributed by atoms with Crippen LogP contribution in [0.25, 0.3) is 0 Å². The van der Waals surface area contributed by atoms with E-state index >= 15 is 0 Å². The van der Waals surface area contributed by atoms with Crippen LogP contribution in [0.4, 0.5) is 10.5 Å². The summed E-state index contributed by atoms with van der Waals surface area (Å²) in [7, 11) is 0. The number of rotatable bonds is 2. The topological polar surface area (TPSA) is 20.3 Å². The highest BCUT2D eigenvalue weighted by Crippen LogP contribution is 2.26. The second kappa shape index (κ2) is 5.08. The van der Waals surface area contributed by atoms with Crippen LogP contribution in [0.5, 0.6) is 0 Å². The molecule has 1 amide bonds. The molecule has 0 atom stereocenters. The number of anilines is 1. The van der Waals surface area contributed by atoms with Crippen LogP contribution < -0.4 is 4.90 Å². The van der Waals surface area contributed by atoms with E-state index in [1.54, 1.807) is 18.2 Å². The van der Waals surface area contributed by atoms with E-state index in [1.165, 1.54) is 0 Å². The highest BCUT2D eigenvalue weighted by molar-refractivity contribution is 6.66. The third-order valence-corrected chi connectivity index (χ3v) is 2.37. The molecule has 6 heteroatoms. The molecule has 1 rings (SSSR count). The molecule has 2 nitrogen and oxygen atoms in total. The van der Waals surface area contributed by atoms with E-state index in [0.29, 0.717) is 15.7 Å². The Morgan fingerprint density at radius 1 is 1.21 bits per heavy atom. The zero-order chi connectivity index (χ0) is 10.7. The van der Waals surface area contributed by atoms with Gasteiger partial charge in [0.25, 0.3) is 0 Å². The summed E-state index contributed by atoms with van der Waals surface area (Å²) < 4.78 is 0. The summed E-state index contributed by atoms with van der Waals surface area (Å²) in [5.41, 5.74) is 0.470. The summed E-state index contributed by atoms with van der Waals surface area (Å²) >= 11 is 22.3. The molecule has 0 spiro atoms. The Bertz CT molecular complexity index is 335. The largest absolute Gasteiger partial charge is 0.321 e. The minimum Gasteiger partial charge on any atom is -0.285 e. The molecule has 0 bridgehead atoms. The van der Waals surface area contributed by atoms with Gasteiger partial charge in [-0.2, -0.15) is 0 Å². The van der Waals surface area contributed by atoms with E-state index in [9.17, 15) is 4.79 Å². The van der Waals surface area contributed by atoms with Crippen LogP contribution in [-0.4, -0.2) is 11.4 Å². The van der Waals surface area contributed by atoms with E-state index in [0.717, 1.165) is 4.90 Å². The lowest BCUT2D eigenvalue weighted by molar-refractivity contribution is 0.265. The van der Waals surface area contributed by atoms with Crippen molar-refractivity contribution in [3.05, 3.63) is 28.2 Å². The van der Waals surface area contributed by atoms with Crippen LogP contribution in [0.1, 0.15) is 0 Å².